The van der Waals surface area contributed by atoms with Gasteiger partial charge in [-0.05, 0) is 72.4 Å². The summed E-state index contributed by atoms with van der Waals surface area (Å²) in [5, 5.41) is 12.3. The molecular formula is C25H16F3N3O6S2. The lowest BCUT2D eigenvalue weighted by molar-refractivity contribution is -0.385. The molecule has 1 fully saturated rings. The van der Waals surface area contributed by atoms with E-state index < -0.39 is 39.9 Å². The normalized spacial score (nSPS) is 14.5. The number of amides is 2. The minimum Gasteiger partial charge on any atom is -0.497 e. The summed E-state index contributed by atoms with van der Waals surface area (Å²) in [6, 6.07) is 14.2. The van der Waals surface area contributed by atoms with Gasteiger partial charge in [0.25, 0.3) is 11.8 Å². The number of hydrogen-bond acceptors (Lipinski definition) is 8. The Hall–Kier alpha value is -4.43. The topological polar surface area (TPSA) is 111 Å². The molecule has 0 saturated carbocycles. The third-order valence-electron chi connectivity index (χ3n) is 5.23. The third kappa shape index (κ3) is 6.35. The second-order valence-corrected chi connectivity index (χ2v) is 9.47. The van der Waals surface area contributed by atoms with Gasteiger partial charge in [-0.25, -0.2) is 0 Å². The molecule has 3 aromatic rings. The lowest BCUT2D eigenvalue weighted by Crippen LogP contribution is -2.44. The first-order chi connectivity index (χ1) is 18.5. The number of nitro benzene ring substituents is 1. The summed E-state index contributed by atoms with van der Waals surface area (Å²) >= 11 is 6.17. The number of nitro groups is 1. The number of ether oxygens (including phenoxy) is 2. The van der Waals surface area contributed by atoms with Crippen molar-refractivity contribution in [1.29, 1.82) is 0 Å². The Kier molecular flexibility index (Phi) is 7.88. The third-order valence-corrected chi connectivity index (χ3v) is 6.53. The van der Waals surface area contributed by atoms with Crippen LogP contribution in [0.2, 0.25) is 0 Å². The maximum absolute atomic E-state index is 13.0. The van der Waals surface area contributed by atoms with Crippen LogP contribution in [0, 0.1) is 10.1 Å². The van der Waals surface area contributed by atoms with E-state index in [0.717, 1.165) is 22.8 Å². The number of benzene rings is 3. The zero-order valence-corrected chi connectivity index (χ0v) is 21.4. The molecule has 1 heterocycles. The Morgan fingerprint density at radius 3 is 2.46 bits per heavy atom. The van der Waals surface area contributed by atoms with Crippen molar-refractivity contribution in [3.05, 3.63) is 98.4 Å². The monoisotopic (exact) mass is 575 g/mol. The molecule has 2 amide bonds. The van der Waals surface area contributed by atoms with Crippen LogP contribution in [0.1, 0.15) is 21.5 Å². The molecule has 39 heavy (non-hydrogen) atoms. The van der Waals surface area contributed by atoms with Gasteiger partial charge in [-0.1, -0.05) is 23.9 Å². The number of thioether (sulfide) groups is 1. The quantitative estimate of drug-likeness (QED) is 0.159. The molecule has 1 aliphatic heterocycles. The van der Waals surface area contributed by atoms with Crippen molar-refractivity contribution in [2.75, 3.05) is 7.11 Å². The Morgan fingerprint density at radius 2 is 1.82 bits per heavy atom. The molecule has 1 N–H and O–H groups in total. The predicted molar refractivity (Wildman–Crippen MR) is 140 cm³/mol. The van der Waals surface area contributed by atoms with Crippen molar-refractivity contribution in [3.8, 4) is 17.2 Å². The van der Waals surface area contributed by atoms with Crippen molar-refractivity contribution in [2.24, 2.45) is 0 Å². The Bertz CT molecular complexity index is 1510. The lowest BCUT2D eigenvalue weighted by Gasteiger charge is -2.15. The first-order valence-electron chi connectivity index (χ1n) is 10.8. The Balaban J connectivity index is 1.51. The Labute approximate surface area is 228 Å². The highest BCUT2D eigenvalue weighted by atomic mass is 32.2. The maximum atomic E-state index is 13.0. The van der Waals surface area contributed by atoms with E-state index in [0.29, 0.717) is 23.4 Å². The number of halogens is 3. The molecule has 0 atom stereocenters. The maximum Gasteiger partial charge on any atom is 0.416 e. The van der Waals surface area contributed by atoms with Crippen molar-refractivity contribution in [3.63, 3.8) is 0 Å². The summed E-state index contributed by atoms with van der Waals surface area (Å²) in [5.74, 6) is -0.910. The fourth-order valence-electron chi connectivity index (χ4n) is 3.34. The van der Waals surface area contributed by atoms with E-state index in [9.17, 15) is 32.9 Å². The van der Waals surface area contributed by atoms with Gasteiger partial charge in [0.2, 0.25) is 5.75 Å². The first-order valence-corrected chi connectivity index (χ1v) is 12.1. The summed E-state index contributed by atoms with van der Waals surface area (Å²) in [6.07, 6.45) is -3.30. The molecule has 9 nitrogen and oxygen atoms in total. The van der Waals surface area contributed by atoms with E-state index >= 15 is 0 Å². The number of carbonyl (C=O) groups excluding carboxylic acids is 2. The smallest absolute Gasteiger partial charge is 0.416 e. The van der Waals surface area contributed by atoms with Crippen LogP contribution >= 0.6 is 24.0 Å². The summed E-state index contributed by atoms with van der Waals surface area (Å²) in [7, 11) is 1.49. The highest BCUT2D eigenvalue weighted by molar-refractivity contribution is 8.26. The van der Waals surface area contributed by atoms with E-state index in [1.165, 1.54) is 43.5 Å². The molecule has 0 bridgehead atoms. The van der Waals surface area contributed by atoms with E-state index in [1.54, 1.807) is 18.2 Å². The average molecular weight is 576 g/mol. The van der Waals surface area contributed by atoms with Gasteiger partial charge in [-0.2, -0.15) is 18.2 Å². The van der Waals surface area contributed by atoms with Crippen LogP contribution in [0.25, 0.3) is 6.08 Å². The van der Waals surface area contributed by atoms with Gasteiger partial charge in [0.15, 0.2) is 4.32 Å². The molecule has 0 aliphatic carbocycles. The molecule has 200 valence electrons. The largest absolute Gasteiger partial charge is 0.497 e. The van der Waals surface area contributed by atoms with Gasteiger partial charge < -0.3 is 9.47 Å². The summed E-state index contributed by atoms with van der Waals surface area (Å²) in [5.41, 5.74) is 1.12. The number of carbonyl (C=O) groups is 2. The highest BCUT2D eigenvalue weighted by Crippen LogP contribution is 2.38. The zero-order chi connectivity index (χ0) is 28.3. The summed E-state index contributed by atoms with van der Waals surface area (Å²) < 4.78 is 49.5. The Morgan fingerprint density at radius 1 is 1.10 bits per heavy atom. The molecule has 3 aromatic carbocycles. The van der Waals surface area contributed by atoms with Crippen molar-refractivity contribution >= 4 is 51.9 Å². The molecular weight excluding hydrogens is 559 g/mol. The highest BCUT2D eigenvalue weighted by Gasteiger charge is 2.35. The number of hydrazine groups is 1. The number of thiocarbonyl (C=S) groups is 1. The van der Waals surface area contributed by atoms with Crippen molar-refractivity contribution in [2.45, 2.75) is 6.18 Å². The molecule has 0 aromatic heterocycles. The van der Waals surface area contributed by atoms with Crippen LogP contribution in [-0.4, -0.2) is 33.2 Å². The molecule has 1 saturated heterocycles. The number of methoxy groups -OCH3 is 1. The van der Waals surface area contributed by atoms with Crippen LogP contribution in [0.4, 0.5) is 18.9 Å². The van der Waals surface area contributed by atoms with Crippen LogP contribution in [0.5, 0.6) is 17.2 Å². The van der Waals surface area contributed by atoms with E-state index in [2.05, 4.69) is 5.43 Å². The van der Waals surface area contributed by atoms with Crippen LogP contribution in [-0.2, 0) is 11.0 Å². The van der Waals surface area contributed by atoms with E-state index in [1.807, 2.05) is 0 Å². The van der Waals surface area contributed by atoms with Crippen molar-refractivity contribution < 1.29 is 37.2 Å². The average Bonchev–Trinajstić information content (AvgIpc) is 3.15. The van der Waals surface area contributed by atoms with E-state index in [-0.39, 0.29) is 20.5 Å². The van der Waals surface area contributed by atoms with Gasteiger partial charge in [0, 0.05) is 11.6 Å². The van der Waals surface area contributed by atoms with Gasteiger partial charge in [-0.3, -0.25) is 25.1 Å². The summed E-state index contributed by atoms with van der Waals surface area (Å²) in [4.78, 5) is 36.0. The predicted octanol–water partition coefficient (Wildman–Crippen LogP) is 5.96. The molecule has 4 rings (SSSR count). The molecule has 1 aliphatic rings. The SMILES string of the molecule is COc1ccc(C(=O)NN2C(=O)/C(=C\c3cccc(Oc4ccc(C(F)(F)F)cc4[N+](=O)[O-])c3)SC2=S)cc1. The van der Waals surface area contributed by atoms with E-state index in [4.69, 9.17) is 21.7 Å². The lowest BCUT2D eigenvalue weighted by atomic mass is 10.1. The van der Waals surface area contributed by atoms with Crippen molar-refractivity contribution in [1.82, 2.24) is 10.4 Å². The van der Waals surface area contributed by atoms with Crippen LogP contribution < -0.4 is 14.9 Å². The first kappa shape index (κ1) is 27.6. The minimum absolute atomic E-state index is 0.0786. The number of hydrogen-bond donors (Lipinski definition) is 1. The minimum atomic E-state index is -4.76. The molecule has 0 unspecified atom stereocenters. The molecule has 14 heteroatoms. The number of rotatable bonds is 7. The summed E-state index contributed by atoms with van der Waals surface area (Å²) in [6.45, 7) is 0. The molecule has 0 spiro atoms. The van der Waals surface area contributed by atoms with Gasteiger partial charge in [-0.15, -0.1) is 0 Å². The fourth-order valence-corrected chi connectivity index (χ4v) is 4.52. The number of nitrogens with zero attached hydrogens (tertiary/aromatic N) is 2. The standard InChI is InChI=1S/C25H16F3N3O6S2/c1-36-17-8-5-15(6-9-17)22(32)29-30-23(33)21(39-24(30)38)12-14-3-2-4-18(11-14)37-20-10-7-16(25(26,27)28)13-19(20)31(34)35/h2-13H,1H3,(H,29,32)/b21-12+. The van der Waals surface area contributed by atoms with Crippen LogP contribution in [0.3, 0.4) is 0 Å². The van der Waals surface area contributed by atoms with Gasteiger partial charge in [0.05, 0.1) is 22.5 Å². The second-order valence-electron chi connectivity index (χ2n) is 7.80. The van der Waals surface area contributed by atoms with Gasteiger partial charge >= 0.3 is 11.9 Å². The fraction of sp³-hybridized carbons (Fsp3) is 0.0800. The second kappa shape index (κ2) is 11.1. The molecule has 0 radical (unpaired) electrons. The number of nitrogens with one attached hydrogen (secondary N) is 1. The van der Waals surface area contributed by atoms with Gasteiger partial charge in [0.1, 0.15) is 11.5 Å². The number of alkyl halides is 3. The van der Waals surface area contributed by atoms with Crippen LogP contribution in [0.15, 0.2) is 71.6 Å². The zero-order valence-electron chi connectivity index (χ0n) is 19.7.